The molecule has 0 bridgehead atoms. The van der Waals surface area contributed by atoms with Gasteiger partial charge in [0.05, 0.1) is 17.5 Å². The number of nitrogens with one attached hydrogen (secondary N) is 2. The molecule has 1 atom stereocenters. The van der Waals surface area contributed by atoms with Gasteiger partial charge in [0, 0.05) is 38.5 Å². The Morgan fingerprint density at radius 1 is 1.18 bits per heavy atom. The van der Waals surface area contributed by atoms with Gasteiger partial charge in [0.1, 0.15) is 0 Å². The van der Waals surface area contributed by atoms with E-state index in [2.05, 4.69) is 55.5 Å². The lowest BCUT2D eigenvalue weighted by molar-refractivity contribution is 0.0205. The highest BCUT2D eigenvalue weighted by atomic mass is 127. The minimum atomic E-state index is 0. The molecular formula is C21H34IN5O. The van der Waals surface area contributed by atoms with Gasteiger partial charge in [-0.3, -0.25) is 4.99 Å². The number of para-hydroxylation sites is 1. The topological polar surface area (TPSA) is 63.5 Å². The smallest absolute Gasteiger partial charge is 0.191 e. The number of aliphatic imine (C=N–C) groups is 1. The zero-order valence-electron chi connectivity index (χ0n) is 18.0. The standard InChI is InChI=1S/C21H33N5O.HI/c1-15-18(16(2)26(25-15)17-11-9-8-10-12-17)13-23-20(22-6)24-14-19(27-7)21(3,4)5;/h8-12,19H,13-14H2,1-7H3,(H2,22,23,24);1H. The predicted molar refractivity (Wildman–Crippen MR) is 127 cm³/mol. The number of ether oxygens (including phenoxy) is 1. The zero-order chi connectivity index (χ0) is 20.0. The van der Waals surface area contributed by atoms with Crippen molar-refractivity contribution < 1.29 is 4.74 Å². The van der Waals surface area contributed by atoms with Crippen molar-refractivity contribution in [2.45, 2.75) is 47.3 Å². The van der Waals surface area contributed by atoms with E-state index in [9.17, 15) is 0 Å². The van der Waals surface area contributed by atoms with Gasteiger partial charge >= 0.3 is 0 Å². The summed E-state index contributed by atoms with van der Waals surface area (Å²) < 4.78 is 7.59. The normalized spacial score (nSPS) is 13.0. The lowest BCUT2D eigenvalue weighted by Gasteiger charge is -2.30. The van der Waals surface area contributed by atoms with Crippen molar-refractivity contribution in [2.75, 3.05) is 20.7 Å². The first-order valence-corrected chi connectivity index (χ1v) is 9.35. The van der Waals surface area contributed by atoms with Crippen LogP contribution in [0.25, 0.3) is 5.69 Å². The Bertz CT molecular complexity index is 765. The summed E-state index contributed by atoms with van der Waals surface area (Å²) in [7, 11) is 3.53. The minimum absolute atomic E-state index is 0. The van der Waals surface area contributed by atoms with Crippen molar-refractivity contribution in [2.24, 2.45) is 10.4 Å². The van der Waals surface area contributed by atoms with Crippen molar-refractivity contribution >= 4 is 29.9 Å². The minimum Gasteiger partial charge on any atom is -0.379 e. The fourth-order valence-electron chi connectivity index (χ4n) is 3.08. The number of halogens is 1. The third-order valence-electron chi connectivity index (χ3n) is 4.80. The van der Waals surface area contributed by atoms with E-state index >= 15 is 0 Å². The van der Waals surface area contributed by atoms with Crippen LogP contribution in [0.4, 0.5) is 0 Å². The quantitative estimate of drug-likeness (QED) is 0.360. The number of methoxy groups -OCH3 is 1. The summed E-state index contributed by atoms with van der Waals surface area (Å²) >= 11 is 0. The average Bonchev–Trinajstić information content (AvgIpc) is 2.92. The molecule has 0 fully saturated rings. The molecule has 0 radical (unpaired) electrons. The molecule has 2 N–H and O–H groups in total. The van der Waals surface area contributed by atoms with Crippen molar-refractivity contribution in [3.63, 3.8) is 0 Å². The molecular weight excluding hydrogens is 465 g/mol. The summed E-state index contributed by atoms with van der Waals surface area (Å²) in [6.07, 6.45) is 0.0975. The number of hydrogen-bond acceptors (Lipinski definition) is 3. The van der Waals surface area contributed by atoms with Crippen LogP contribution in [0.2, 0.25) is 0 Å². The van der Waals surface area contributed by atoms with E-state index in [1.165, 1.54) is 5.56 Å². The van der Waals surface area contributed by atoms with Gasteiger partial charge in [0.2, 0.25) is 0 Å². The summed E-state index contributed by atoms with van der Waals surface area (Å²) in [6.45, 7) is 12.0. The first-order chi connectivity index (χ1) is 12.8. The Hall–Kier alpha value is -1.61. The highest BCUT2D eigenvalue weighted by Crippen LogP contribution is 2.21. The zero-order valence-corrected chi connectivity index (χ0v) is 20.4. The second-order valence-electron chi connectivity index (χ2n) is 7.79. The second kappa shape index (κ2) is 10.8. The van der Waals surface area contributed by atoms with E-state index in [1.807, 2.05) is 29.8 Å². The first-order valence-electron chi connectivity index (χ1n) is 9.35. The number of hydrogen-bond donors (Lipinski definition) is 2. The summed E-state index contributed by atoms with van der Waals surface area (Å²) in [4.78, 5) is 4.33. The molecule has 1 aromatic carbocycles. The van der Waals surface area contributed by atoms with Gasteiger partial charge in [0.15, 0.2) is 5.96 Å². The van der Waals surface area contributed by atoms with Gasteiger partial charge in [-0.15, -0.1) is 24.0 Å². The van der Waals surface area contributed by atoms with Crippen LogP contribution in [0.3, 0.4) is 0 Å². The van der Waals surface area contributed by atoms with E-state index in [0.29, 0.717) is 13.1 Å². The lowest BCUT2D eigenvalue weighted by Crippen LogP contribution is -2.45. The molecule has 2 rings (SSSR count). The van der Waals surface area contributed by atoms with Crippen molar-refractivity contribution in [1.82, 2.24) is 20.4 Å². The maximum absolute atomic E-state index is 5.60. The highest BCUT2D eigenvalue weighted by molar-refractivity contribution is 14.0. The molecule has 0 aliphatic carbocycles. The van der Waals surface area contributed by atoms with Gasteiger partial charge in [-0.1, -0.05) is 39.0 Å². The van der Waals surface area contributed by atoms with Gasteiger partial charge in [-0.25, -0.2) is 4.68 Å². The van der Waals surface area contributed by atoms with Crippen LogP contribution in [0.15, 0.2) is 35.3 Å². The van der Waals surface area contributed by atoms with Crippen LogP contribution in [0, 0.1) is 19.3 Å². The fourth-order valence-corrected chi connectivity index (χ4v) is 3.08. The van der Waals surface area contributed by atoms with Crippen molar-refractivity contribution in [3.8, 4) is 5.69 Å². The third kappa shape index (κ3) is 6.20. The molecule has 1 aromatic heterocycles. The molecule has 1 unspecified atom stereocenters. The summed E-state index contributed by atoms with van der Waals surface area (Å²) in [5, 5.41) is 11.5. The molecule has 28 heavy (non-hydrogen) atoms. The van der Waals surface area contributed by atoms with E-state index in [1.54, 1.807) is 14.2 Å². The molecule has 0 aliphatic heterocycles. The molecule has 6 nitrogen and oxygen atoms in total. The molecule has 156 valence electrons. The Balaban J connectivity index is 0.00000392. The second-order valence-corrected chi connectivity index (χ2v) is 7.79. The van der Waals surface area contributed by atoms with Crippen LogP contribution in [-0.4, -0.2) is 42.5 Å². The summed E-state index contributed by atoms with van der Waals surface area (Å²) in [5.41, 5.74) is 4.46. The van der Waals surface area contributed by atoms with Crippen LogP contribution in [-0.2, 0) is 11.3 Å². The van der Waals surface area contributed by atoms with Crippen molar-refractivity contribution in [3.05, 3.63) is 47.3 Å². The van der Waals surface area contributed by atoms with Gasteiger partial charge < -0.3 is 15.4 Å². The molecule has 7 heteroatoms. The van der Waals surface area contributed by atoms with E-state index in [-0.39, 0.29) is 35.5 Å². The molecule has 0 saturated carbocycles. The lowest BCUT2D eigenvalue weighted by atomic mass is 9.89. The van der Waals surface area contributed by atoms with Gasteiger partial charge in [0.25, 0.3) is 0 Å². The molecule has 1 heterocycles. The Morgan fingerprint density at radius 3 is 2.36 bits per heavy atom. The molecule has 0 aliphatic rings. The summed E-state index contributed by atoms with van der Waals surface area (Å²) in [5.74, 6) is 0.757. The maximum atomic E-state index is 5.60. The number of rotatable bonds is 6. The first kappa shape index (κ1) is 24.4. The van der Waals surface area contributed by atoms with Gasteiger partial charge in [-0.05, 0) is 31.4 Å². The Kier molecular flexibility index (Phi) is 9.43. The Morgan fingerprint density at radius 2 is 1.82 bits per heavy atom. The Labute approximate surface area is 186 Å². The van der Waals surface area contributed by atoms with E-state index in [0.717, 1.165) is 23.0 Å². The highest BCUT2D eigenvalue weighted by Gasteiger charge is 2.24. The predicted octanol–water partition coefficient (Wildman–Crippen LogP) is 3.83. The van der Waals surface area contributed by atoms with Crippen LogP contribution in [0.1, 0.15) is 37.7 Å². The molecule has 0 spiro atoms. The number of aromatic nitrogens is 2. The average molecular weight is 499 g/mol. The monoisotopic (exact) mass is 499 g/mol. The van der Waals surface area contributed by atoms with E-state index in [4.69, 9.17) is 9.84 Å². The van der Waals surface area contributed by atoms with Crippen LogP contribution in [0.5, 0.6) is 0 Å². The number of benzene rings is 1. The third-order valence-corrected chi connectivity index (χ3v) is 4.80. The van der Waals surface area contributed by atoms with Crippen LogP contribution >= 0.6 is 24.0 Å². The molecule has 0 amide bonds. The maximum Gasteiger partial charge on any atom is 0.191 e. The number of guanidine groups is 1. The molecule has 0 saturated heterocycles. The largest absolute Gasteiger partial charge is 0.379 e. The summed E-state index contributed by atoms with van der Waals surface area (Å²) in [6, 6.07) is 10.2. The van der Waals surface area contributed by atoms with Crippen LogP contribution < -0.4 is 10.6 Å². The van der Waals surface area contributed by atoms with Crippen molar-refractivity contribution in [1.29, 1.82) is 0 Å². The SMILES string of the molecule is CN=C(NCc1c(C)nn(-c2ccccc2)c1C)NCC(OC)C(C)(C)C.I. The fraction of sp³-hybridized carbons (Fsp3) is 0.524. The number of nitrogens with zero attached hydrogens (tertiary/aromatic N) is 3. The van der Waals surface area contributed by atoms with Gasteiger partial charge in [-0.2, -0.15) is 5.10 Å². The number of aryl methyl sites for hydroxylation is 1. The molecule has 2 aromatic rings. The van der Waals surface area contributed by atoms with E-state index < -0.39 is 0 Å².